The molecule has 0 radical (unpaired) electrons. The monoisotopic (exact) mass is 260 g/mol. The number of rotatable bonds is 6. The first kappa shape index (κ1) is 13.0. The highest BCUT2D eigenvalue weighted by Gasteiger charge is 2.06. The van der Waals surface area contributed by atoms with Crippen LogP contribution in [0, 0.1) is 0 Å². The van der Waals surface area contributed by atoms with E-state index in [0.717, 1.165) is 5.56 Å². The zero-order chi connectivity index (χ0) is 13.5. The van der Waals surface area contributed by atoms with Crippen LogP contribution in [0.25, 0.3) is 0 Å². The molecule has 0 saturated heterocycles. The number of amides is 1. The predicted octanol–water partition coefficient (Wildman–Crippen LogP) is 1.72. The zero-order valence-electron chi connectivity index (χ0n) is 10.7. The SMILES string of the molecule is COc1ccccc1OCC(=O)NCc1cc[nH]c1. The Kier molecular flexibility index (Phi) is 4.44. The van der Waals surface area contributed by atoms with Gasteiger partial charge in [0.25, 0.3) is 5.91 Å². The van der Waals surface area contributed by atoms with Crippen molar-refractivity contribution in [3.8, 4) is 11.5 Å². The Bertz CT molecular complexity index is 523. The van der Waals surface area contributed by atoms with Gasteiger partial charge in [-0.25, -0.2) is 0 Å². The summed E-state index contributed by atoms with van der Waals surface area (Å²) in [4.78, 5) is 14.6. The molecule has 0 atom stereocenters. The molecule has 0 aliphatic carbocycles. The van der Waals surface area contributed by atoms with Crippen molar-refractivity contribution in [2.45, 2.75) is 6.54 Å². The van der Waals surface area contributed by atoms with Crippen molar-refractivity contribution in [1.82, 2.24) is 10.3 Å². The first-order valence-corrected chi connectivity index (χ1v) is 5.94. The van der Waals surface area contributed by atoms with Gasteiger partial charge in [0, 0.05) is 18.9 Å². The summed E-state index contributed by atoms with van der Waals surface area (Å²) in [5.74, 6) is 0.995. The molecule has 1 heterocycles. The lowest BCUT2D eigenvalue weighted by molar-refractivity contribution is -0.123. The second-order valence-electron chi connectivity index (χ2n) is 3.94. The van der Waals surface area contributed by atoms with Crippen molar-refractivity contribution in [2.75, 3.05) is 13.7 Å². The van der Waals surface area contributed by atoms with Gasteiger partial charge in [0.2, 0.25) is 0 Å². The van der Waals surface area contributed by atoms with E-state index in [4.69, 9.17) is 9.47 Å². The van der Waals surface area contributed by atoms with Crippen LogP contribution in [-0.4, -0.2) is 24.6 Å². The number of H-pyrrole nitrogens is 1. The number of aromatic nitrogens is 1. The van der Waals surface area contributed by atoms with E-state index in [1.165, 1.54) is 0 Å². The lowest BCUT2D eigenvalue weighted by Gasteiger charge is -2.10. The molecule has 1 aromatic carbocycles. The summed E-state index contributed by atoms with van der Waals surface area (Å²) >= 11 is 0. The third-order valence-corrected chi connectivity index (χ3v) is 2.58. The summed E-state index contributed by atoms with van der Waals surface area (Å²) in [6.07, 6.45) is 3.65. The molecule has 5 nitrogen and oxygen atoms in total. The number of methoxy groups -OCH3 is 1. The highest BCUT2D eigenvalue weighted by atomic mass is 16.5. The van der Waals surface area contributed by atoms with Crippen molar-refractivity contribution in [3.05, 3.63) is 48.3 Å². The Hall–Kier alpha value is -2.43. The van der Waals surface area contributed by atoms with Gasteiger partial charge in [0.15, 0.2) is 18.1 Å². The van der Waals surface area contributed by atoms with Crippen LogP contribution in [0.5, 0.6) is 11.5 Å². The maximum Gasteiger partial charge on any atom is 0.258 e. The van der Waals surface area contributed by atoms with Gasteiger partial charge in [0.05, 0.1) is 7.11 Å². The van der Waals surface area contributed by atoms with E-state index in [1.54, 1.807) is 19.2 Å². The van der Waals surface area contributed by atoms with E-state index in [0.29, 0.717) is 18.0 Å². The van der Waals surface area contributed by atoms with E-state index >= 15 is 0 Å². The number of carbonyl (C=O) groups is 1. The lowest BCUT2D eigenvalue weighted by atomic mass is 10.3. The first-order chi connectivity index (χ1) is 9.29. The summed E-state index contributed by atoms with van der Waals surface area (Å²) in [7, 11) is 1.56. The average molecular weight is 260 g/mol. The number of hydrogen-bond acceptors (Lipinski definition) is 3. The molecule has 0 bridgehead atoms. The number of hydrogen-bond donors (Lipinski definition) is 2. The van der Waals surface area contributed by atoms with Gasteiger partial charge in [-0.3, -0.25) is 4.79 Å². The van der Waals surface area contributed by atoms with E-state index in [2.05, 4.69) is 10.3 Å². The molecule has 19 heavy (non-hydrogen) atoms. The third kappa shape index (κ3) is 3.77. The quantitative estimate of drug-likeness (QED) is 0.831. The van der Waals surface area contributed by atoms with E-state index < -0.39 is 0 Å². The van der Waals surface area contributed by atoms with E-state index in [-0.39, 0.29) is 12.5 Å². The topological polar surface area (TPSA) is 63.4 Å². The van der Waals surface area contributed by atoms with E-state index in [1.807, 2.05) is 30.6 Å². The molecule has 5 heteroatoms. The lowest BCUT2D eigenvalue weighted by Crippen LogP contribution is -2.28. The molecule has 0 aliphatic heterocycles. The Morgan fingerprint density at radius 1 is 1.26 bits per heavy atom. The zero-order valence-corrected chi connectivity index (χ0v) is 10.7. The second kappa shape index (κ2) is 6.49. The molecular formula is C14H16N2O3. The predicted molar refractivity (Wildman–Crippen MR) is 71.1 cm³/mol. The number of benzene rings is 1. The second-order valence-corrected chi connectivity index (χ2v) is 3.94. The third-order valence-electron chi connectivity index (χ3n) is 2.58. The Balaban J connectivity index is 1.80. The van der Waals surface area contributed by atoms with Crippen LogP contribution in [0.1, 0.15) is 5.56 Å². The van der Waals surface area contributed by atoms with Gasteiger partial charge in [-0.1, -0.05) is 12.1 Å². The van der Waals surface area contributed by atoms with Crippen molar-refractivity contribution in [1.29, 1.82) is 0 Å². The molecule has 100 valence electrons. The first-order valence-electron chi connectivity index (χ1n) is 5.94. The molecule has 1 amide bonds. The van der Waals surface area contributed by atoms with Gasteiger partial charge in [0.1, 0.15) is 0 Å². The highest BCUT2D eigenvalue weighted by Crippen LogP contribution is 2.25. The molecule has 0 saturated carbocycles. The molecule has 1 aromatic heterocycles. The molecule has 0 fully saturated rings. The smallest absolute Gasteiger partial charge is 0.258 e. The molecule has 2 aromatic rings. The van der Waals surface area contributed by atoms with Gasteiger partial charge in [-0.15, -0.1) is 0 Å². The minimum Gasteiger partial charge on any atom is -0.493 e. The number of ether oxygens (including phenoxy) is 2. The fourth-order valence-electron chi connectivity index (χ4n) is 1.60. The Labute approximate surface area is 111 Å². The maximum atomic E-state index is 11.6. The van der Waals surface area contributed by atoms with Crippen LogP contribution in [0.2, 0.25) is 0 Å². The number of carbonyl (C=O) groups excluding carboxylic acids is 1. The summed E-state index contributed by atoms with van der Waals surface area (Å²) in [6, 6.07) is 9.12. The minimum absolute atomic E-state index is 0.0369. The van der Waals surface area contributed by atoms with Gasteiger partial charge >= 0.3 is 0 Å². The van der Waals surface area contributed by atoms with Gasteiger partial charge < -0.3 is 19.8 Å². The Morgan fingerprint density at radius 3 is 2.74 bits per heavy atom. The number of aromatic amines is 1. The standard InChI is InChI=1S/C14H16N2O3/c1-18-12-4-2-3-5-13(12)19-10-14(17)16-9-11-6-7-15-8-11/h2-8,15H,9-10H2,1H3,(H,16,17). The highest BCUT2D eigenvalue weighted by molar-refractivity contribution is 5.77. The molecule has 0 aliphatic rings. The van der Waals surface area contributed by atoms with Crippen LogP contribution in [0.3, 0.4) is 0 Å². The van der Waals surface area contributed by atoms with Crippen LogP contribution in [0.4, 0.5) is 0 Å². The Morgan fingerprint density at radius 2 is 2.05 bits per heavy atom. The number of para-hydroxylation sites is 2. The van der Waals surface area contributed by atoms with Crippen molar-refractivity contribution in [3.63, 3.8) is 0 Å². The molecular weight excluding hydrogens is 244 g/mol. The molecule has 2 rings (SSSR count). The summed E-state index contributed by atoms with van der Waals surface area (Å²) in [5.41, 5.74) is 1.02. The van der Waals surface area contributed by atoms with Crippen molar-refractivity contribution in [2.24, 2.45) is 0 Å². The fraction of sp³-hybridized carbons (Fsp3) is 0.214. The van der Waals surface area contributed by atoms with Crippen LogP contribution >= 0.6 is 0 Å². The number of nitrogens with one attached hydrogen (secondary N) is 2. The summed E-state index contributed by atoms with van der Waals surface area (Å²) in [6.45, 7) is 0.447. The average Bonchev–Trinajstić information content (AvgIpc) is 2.96. The van der Waals surface area contributed by atoms with Crippen LogP contribution in [0.15, 0.2) is 42.7 Å². The van der Waals surface area contributed by atoms with Gasteiger partial charge in [-0.2, -0.15) is 0 Å². The fourth-order valence-corrected chi connectivity index (χ4v) is 1.60. The molecule has 0 spiro atoms. The maximum absolute atomic E-state index is 11.6. The van der Waals surface area contributed by atoms with E-state index in [9.17, 15) is 4.79 Å². The molecule has 2 N–H and O–H groups in total. The van der Waals surface area contributed by atoms with Crippen molar-refractivity contribution >= 4 is 5.91 Å². The minimum atomic E-state index is -0.174. The largest absolute Gasteiger partial charge is 0.493 e. The summed E-state index contributed by atoms with van der Waals surface area (Å²) < 4.78 is 10.6. The van der Waals surface area contributed by atoms with Crippen molar-refractivity contribution < 1.29 is 14.3 Å². The van der Waals surface area contributed by atoms with Crippen LogP contribution < -0.4 is 14.8 Å². The van der Waals surface area contributed by atoms with Gasteiger partial charge in [-0.05, 0) is 23.8 Å². The summed E-state index contributed by atoms with van der Waals surface area (Å²) in [5, 5.41) is 2.77. The van der Waals surface area contributed by atoms with Crippen LogP contribution in [-0.2, 0) is 11.3 Å². The molecule has 0 unspecified atom stereocenters. The normalized spacial score (nSPS) is 9.95.